The third kappa shape index (κ3) is 11.5. The smallest absolute Gasteiger partial charge is 0.217 e. The van der Waals surface area contributed by atoms with Crippen LogP contribution in [0.3, 0.4) is 0 Å². The Kier molecular flexibility index (Phi) is 8.04. The van der Waals surface area contributed by atoms with E-state index in [4.69, 9.17) is 5.73 Å². The normalized spacial score (nSPS) is 7.67. The zero-order chi connectivity index (χ0) is 6.57. The fourth-order valence-electron chi connectivity index (χ4n) is 0.299. The number of ketones is 1. The monoisotopic (exact) mass is 205 g/mol. The first-order valence-electron chi connectivity index (χ1n) is 2.40. The van der Waals surface area contributed by atoms with Gasteiger partial charge in [-0.1, -0.05) is 0 Å². The van der Waals surface area contributed by atoms with Gasteiger partial charge in [-0.05, 0) is 6.92 Å². The third-order valence-corrected chi connectivity index (χ3v) is 0.723. The molecule has 0 bridgehead atoms. The van der Waals surface area contributed by atoms with Crippen LogP contribution in [0.1, 0.15) is 19.8 Å². The van der Waals surface area contributed by atoms with E-state index in [9.17, 15) is 9.59 Å². The molecule has 9 heavy (non-hydrogen) atoms. The summed E-state index contributed by atoms with van der Waals surface area (Å²) >= 11 is 0. The van der Waals surface area contributed by atoms with E-state index in [1.165, 1.54) is 6.92 Å². The van der Waals surface area contributed by atoms with Crippen molar-refractivity contribution in [2.75, 3.05) is 0 Å². The Balaban J connectivity index is 0. The molecule has 3 nitrogen and oxygen atoms in total. The largest absolute Gasteiger partial charge is 0.370 e. The van der Waals surface area contributed by atoms with Crippen molar-refractivity contribution in [1.29, 1.82) is 0 Å². The van der Waals surface area contributed by atoms with E-state index < -0.39 is 5.91 Å². The first kappa shape index (κ1) is 11.8. The van der Waals surface area contributed by atoms with Gasteiger partial charge in [0.15, 0.2) is 0 Å². The van der Waals surface area contributed by atoms with Gasteiger partial charge >= 0.3 is 0 Å². The van der Waals surface area contributed by atoms with E-state index in [1.807, 2.05) is 0 Å². The number of carbonyl (C=O) groups excluding carboxylic acids is 2. The number of hydrogen-bond acceptors (Lipinski definition) is 2. The van der Waals surface area contributed by atoms with Gasteiger partial charge in [-0.3, -0.25) is 4.79 Å². The van der Waals surface area contributed by atoms with Gasteiger partial charge in [0.2, 0.25) is 5.91 Å². The minimum Gasteiger partial charge on any atom is -0.370 e. The topological polar surface area (TPSA) is 60.2 Å². The maximum atomic E-state index is 10.1. The van der Waals surface area contributed by atoms with Gasteiger partial charge in [-0.2, -0.15) is 0 Å². The Hall–Kier alpha value is 0.0231. The van der Waals surface area contributed by atoms with Crippen LogP contribution < -0.4 is 5.73 Å². The number of amides is 1. The van der Waals surface area contributed by atoms with Crippen molar-refractivity contribution < 1.29 is 35.8 Å². The number of Topliss-reactive ketones (excluding diaryl/α,β-unsaturated/α-hetero) is 1. The van der Waals surface area contributed by atoms with Crippen LogP contribution in [0.15, 0.2) is 0 Å². The minimum atomic E-state index is -0.416. The quantitative estimate of drug-likeness (QED) is 0.697. The molecule has 0 unspecified atom stereocenters. The molecular weight excluding hydrogens is 197 g/mol. The zero-order valence-electron chi connectivity index (χ0n) is 5.31. The Labute approximate surface area is 73.1 Å². The van der Waals surface area contributed by atoms with E-state index in [0.29, 0.717) is 0 Å². The average molecular weight is 206 g/mol. The summed E-state index contributed by atoms with van der Waals surface area (Å²) in [6.07, 6.45) is 0.449. The zero-order valence-corrected chi connectivity index (χ0v) is 7.77. The second kappa shape index (κ2) is 6.15. The molecule has 0 radical (unpaired) electrons. The summed E-state index contributed by atoms with van der Waals surface area (Å²) in [4.78, 5) is 20.1. The molecule has 0 aromatic carbocycles. The SMILES string of the molecule is CC(=O)CCC(N)=O.[Zr]. The maximum absolute atomic E-state index is 10.1. The van der Waals surface area contributed by atoms with E-state index in [2.05, 4.69) is 0 Å². The number of rotatable bonds is 3. The molecule has 2 N–H and O–H groups in total. The summed E-state index contributed by atoms with van der Waals surface area (Å²) in [5, 5.41) is 0. The predicted octanol–water partition coefficient (Wildman–Crippen LogP) is -0.162. The number of primary amides is 1. The number of hydrogen-bond donors (Lipinski definition) is 1. The molecule has 0 aliphatic heterocycles. The molecule has 0 saturated heterocycles. The molecule has 4 heteroatoms. The van der Waals surface area contributed by atoms with Crippen molar-refractivity contribution in [2.24, 2.45) is 5.73 Å². The maximum Gasteiger partial charge on any atom is 0.217 e. The molecule has 50 valence electrons. The molecule has 0 atom stereocenters. The second-order valence-electron chi connectivity index (χ2n) is 1.67. The van der Waals surface area contributed by atoms with Crippen LogP contribution in [-0.2, 0) is 35.8 Å². The molecule has 0 aromatic rings. The molecule has 1 amide bonds. The minimum absolute atomic E-state index is 0. The third-order valence-electron chi connectivity index (χ3n) is 0.723. The molecule has 0 saturated carbocycles. The van der Waals surface area contributed by atoms with Crippen molar-refractivity contribution in [2.45, 2.75) is 19.8 Å². The molecule has 0 aromatic heterocycles. The Morgan fingerprint density at radius 3 is 1.89 bits per heavy atom. The van der Waals surface area contributed by atoms with Crippen molar-refractivity contribution in [3.8, 4) is 0 Å². The van der Waals surface area contributed by atoms with E-state index >= 15 is 0 Å². The van der Waals surface area contributed by atoms with E-state index in [-0.39, 0.29) is 44.8 Å². The summed E-state index contributed by atoms with van der Waals surface area (Å²) in [5.74, 6) is -0.413. The van der Waals surface area contributed by atoms with E-state index in [0.717, 1.165) is 0 Å². The molecule has 0 aliphatic rings. The molecule has 0 aliphatic carbocycles. The fraction of sp³-hybridized carbons (Fsp3) is 0.600. The van der Waals surface area contributed by atoms with Gasteiger partial charge in [0, 0.05) is 39.0 Å². The first-order valence-corrected chi connectivity index (χ1v) is 2.40. The summed E-state index contributed by atoms with van der Waals surface area (Å²) in [6, 6.07) is 0. The van der Waals surface area contributed by atoms with Gasteiger partial charge in [-0.25, -0.2) is 0 Å². The average Bonchev–Trinajstić information content (AvgIpc) is 1.61. The summed E-state index contributed by atoms with van der Waals surface area (Å²) < 4.78 is 0. The first-order chi connectivity index (χ1) is 3.63. The van der Waals surface area contributed by atoms with Crippen molar-refractivity contribution in [3.63, 3.8) is 0 Å². The van der Waals surface area contributed by atoms with Crippen LogP contribution in [-0.4, -0.2) is 11.7 Å². The van der Waals surface area contributed by atoms with Crippen molar-refractivity contribution in [1.82, 2.24) is 0 Å². The summed E-state index contributed by atoms with van der Waals surface area (Å²) in [6.45, 7) is 1.43. The summed E-state index contributed by atoms with van der Waals surface area (Å²) in [7, 11) is 0. The van der Waals surface area contributed by atoms with Crippen LogP contribution in [0.4, 0.5) is 0 Å². The Morgan fingerprint density at radius 2 is 1.78 bits per heavy atom. The molecule has 0 spiro atoms. The second-order valence-corrected chi connectivity index (χ2v) is 1.67. The number of nitrogens with two attached hydrogens (primary N) is 1. The number of carbonyl (C=O) groups is 2. The van der Waals surface area contributed by atoms with Crippen LogP contribution in [0.25, 0.3) is 0 Å². The molecule has 0 rings (SSSR count). The standard InChI is InChI=1S/C5H9NO2.Zr/c1-4(7)2-3-5(6)8;/h2-3H2,1H3,(H2,6,8);. The fourth-order valence-corrected chi connectivity index (χ4v) is 0.299. The molecule has 0 fully saturated rings. The van der Waals surface area contributed by atoms with Gasteiger partial charge in [-0.15, -0.1) is 0 Å². The van der Waals surface area contributed by atoms with Crippen LogP contribution in [0.5, 0.6) is 0 Å². The summed E-state index contributed by atoms with van der Waals surface area (Å²) in [5.41, 5.74) is 4.75. The van der Waals surface area contributed by atoms with Crippen LogP contribution in [0.2, 0.25) is 0 Å². The van der Waals surface area contributed by atoms with Crippen LogP contribution >= 0.6 is 0 Å². The van der Waals surface area contributed by atoms with Crippen LogP contribution in [0, 0.1) is 0 Å². The van der Waals surface area contributed by atoms with Gasteiger partial charge in [0.1, 0.15) is 5.78 Å². The molecular formula is C5H9NO2Zr. The Bertz CT molecular complexity index is 99.5. The van der Waals surface area contributed by atoms with Gasteiger partial charge in [0.05, 0.1) is 0 Å². The van der Waals surface area contributed by atoms with E-state index in [1.54, 1.807) is 0 Å². The van der Waals surface area contributed by atoms with Gasteiger partial charge < -0.3 is 10.5 Å². The predicted molar refractivity (Wildman–Crippen MR) is 29.1 cm³/mol. The molecule has 0 heterocycles. The Morgan fingerprint density at radius 1 is 1.33 bits per heavy atom. The van der Waals surface area contributed by atoms with Gasteiger partial charge in [0.25, 0.3) is 0 Å². The van der Waals surface area contributed by atoms with Crippen molar-refractivity contribution in [3.05, 3.63) is 0 Å². The van der Waals surface area contributed by atoms with Crippen molar-refractivity contribution >= 4 is 11.7 Å².